The Labute approximate surface area is 175 Å². The van der Waals surface area contributed by atoms with Crippen LogP contribution in [-0.4, -0.2) is 18.0 Å². The average molecular weight is 401 g/mol. The summed E-state index contributed by atoms with van der Waals surface area (Å²) in [7, 11) is 0. The fraction of sp³-hybridized carbons (Fsp3) is 0.125. The molecular weight excluding hydrogens is 378 g/mol. The summed E-state index contributed by atoms with van der Waals surface area (Å²) in [6.45, 7) is 1.98. The van der Waals surface area contributed by atoms with Crippen LogP contribution in [0.4, 0.5) is 5.69 Å². The molecule has 0 fully saturated rings. The Morgan fingerprint density at radius 3 is 2.33 bits per heavy atom. The van der Waals surface area contributed by atoms with Crippen LogP contribution in [0.15, 0.2) is 84.0 Å². The van der Waals surface area contributed by atoms with Gasteiger partial charge in [-0.2, -0.15) is 5.10 Å². The van der Waals surface area contributed by atoms with E-state index in [1.807, 2.05) is 85.8 Å². The lowest BCUT2D eigenvalue weighted by Crippen LogP contribution is -2.20. The number of hydrogen-bond acceptors (Lipinski definition) is 4. The fourth-order valence-corrected chi connectivity index (χ4v) is 2.61. The van der Waals surface area contributed by atoms with Gasteiger partial charge >= 0.3 is 0 Å². The third-order valence-corrected chi connectivity index (χ3v) is 4.15. The van der Waals surface area contributed by atoms with Crippen molar-refractivity contribution in [3.8, 4) is 11.5 Å². The molecule has 6 nitrogen and oxygen atoms in total. The van der Waals surface area contributed by atoms with E-state index in [2.05, 4.69) is 15.8 Å². The Morgan fingerprint density at radius 1 is 0.867 bits per heavy atom. The van der Waals surface area contributed by atoms with Crippen LogP contribution in [0.25, 0.3) is 0 Å². The molecule has 0 radical (unpaired) electrons. The van der Waals surface area contributed by atoms with Crippen LogP contribution in [0, 0.1) is 6.92 Å². The zero-order valence-corrected chi connectivity index (χ0v) is 16.7. The van der Waals surface area contributed by atoms with Crippen LogP contribution >= 0.6 is 0 Å². The molecule has 2 N–H and O–H groups in total. The third-order valence-electron chi connectivity index (χ3n) is 4.15. The van der Waals surface area contributed by atoms with Gasteiger partial charge in [0.2, 0.25) is 11.8 Å². The van der Waals surface area contributed by atoms with E-state index in [0.29, 0.717) is 11.4 Å². The van der Waals surface area contributed by atoms with Gasteiger partial charge in [-0.1, -0.05) is 48.0 Å². The standard InChI is InChI=1S/C24H23N3O3/c1-18-10-12-20(13-11-18)26-23(28)14-15-24(29)27-25-17-19-6-5-9-22(16-19)30-21-7-3-2-4-8-21/h2-13,16-17H,14-15H2,1H3,(H,26,28)(H,27,29)/b25-17+. The number of ether oxygens (including phenoxy) is 1. The lowest BCUT2D eigenvalue weighted by molar-refractivity contribution is -0.124. The highest BCUT2D eigenvalue weighted by Gasteiger charge is 2.06. The molecule has 0 saturated carbocycles. The maximum atomic E-state index is 11.9. The van der Waals surface area contributed by atoms with Crippen molar-refractivity contribution < 1.29 is 14.3 Å². The molecule has 3 aromatic rings. The van der Waals surface area contributed by atoms with Crippen molar-refractivity contribution in [2.75, 3.05) is 5.32 Å². The fourth-order valence-electron chi connectivity index (χ4n) is 2.61. The van der Waals surface area contributed by atoms with Crippen LogP contribution in [0.5, 0.6) is 11.5 Å². The number of carbonyl (C=O) groups is 2. The summed E-state index contributed by atoms with van der Waals surface area (Å²) in [6.07, 6.45) is 1.66. The molecule has 0 atom stereocenters. The summed E-state index contributed by atoms with van der Waals surface area (Å²) in [5.41, 5.74) is 5.04. The lowest BCUT2D eigenvalue weighted by Gasteiger charge is -2.06. The molecule has 152 valence electrons. The SMILES string of the molecule is Cc1ccc(NC(=O)CCC(=O)N/N=C/c2cccc(Oc3ccccc3)c2)cc1. The second kappa shape index (κ2) is 10.6. The van der Waals surface area contributed by atoms with Crippen molar-refractivity contribution in [2.45, 2.75) is 19.8 Å². The molecule has 0 aromatic heterocycles. The van der Waals surface area contributed by atoms with E-state index in [9.17, 15) is 9.59 Å². The number of hydrazone groups is 1. The minimum atomic E-state index is -0.331. The molecule has 6 heteroatoms. The van der Waals surface area contributed by atoms with Crippen molar-refractivity contribution in [3.63, 3.8) is 0 Å². The van der Waals surface area contributed by atoms with Gasteiger partial charge in [0, 0.05) is 18.5 Å². The first-order valence-corrected chi connectivity index (χ1v) is 9.60. The Morgan fingerprint density at radius 2 is 1.57 bits per heavy atom. The first-order chi connectivity index (χ1) is 14.6. The average Bonchev–Trinajstić information content (AvgIpc) is 2.75. The molecule has 3 aromatic carbocycles. The summed E-state index contributed by atoms with van der Waals surface area (Å²) in [6, 6.07) is 24.3. The molecule has 0 bridgehead atoms. The summed E-state index contributed by atoms with van der Waals surface area (Å²) >= 11 is 0. The van der Waals surface area contributed by atoms with Gasteiger partial charge in [0.25, 0.3) is 0 Å². The minimum Gasteiger partial charge on any atom is -0.457 e. The molecular formula is C24H23N3O3. The predicted molar refractivity (Wildman–Crippen MR) is 118 cm³/mol. The van der Waals surface area contributed by atoms with E-state index in [1.54, 1.807) is 0 Å². The van der Waals surface area contributed by atoms with Crippen molar-refractivity contribution in [3.05, 3.63) is 90.0 Å². The largest absolute Gasteiger partial charge is 0.457 e. The molecule has 2 amide bonds. The van der Waals surface area contributed by atoms with Crippen LogP contribution in [-0.2, 0) is 9.59 Å². The van der Waals surface area contributed by atoms with Gasteiger partial charge in [-0.3, -0.25) is 9.59 Å². The monoisotopic (exact) mass is 401 g/mol. The maximum absolute atomic E-state index is 11.9. The highest BCUT2D eigenvalue weighted by atomic mass is 16.5. The zero-order valence-electron chi connectivity index (χ0n) is 16.7. The van der Waals surface area contributed by atoms with Crippen molar-refractivity contribution in [1.82, 2.24) is 5.43 Å². The zero-order chi connectivity index (χ0) is 21.2. The van der Waals surface area contributed by atoms with Gasteiger partial charge in [0.05, 0.1) is 6.21 Å². The second-order valence-electron chi connectivity index (χ2n) is 6.69. The number of aryl methyl sites for hydroxylation is 1. The number of rotatable bonds is 8. The first kappa shape index (κ1) is 20.8. The molecule has 0 aliphatic rings. The van der Waals surface area contributed by atoms with Gasteiger partial charge in [0.1, 0.15) is 11.5 Å². The number of hydrogen-bond donors (Lipinski definition) is 2. The third kappa shape index (κ3) is 6.91. The van der Waals surface area contributed by atoms with Crippen molar-refractivity contribution in [2.24, 2.45) is 5.10 Å². The quantitative estimate of drug-likeness (QED) is 0.426. The molecule has 0 saturated heterocycles. The molecule has 0 unspecified atom stereocenters. The van der Waals surface area contributed by atoms with E-state index >= 15 is 0 Å². The summed E-state index contributed by atoms with van der Waals surface area (Å²) in [5.74, 6) is 0.860. The topological polar surface area (TPSA) is 79.8 Å². The molecule has 0 heterocycles. The van der Waals surface area contributed by atoms with Crippen LogP contribution in [0.3, 0.4) is 0 Å². The Hall–Kier alpha value is -3.93. The minimum absolute atomic E-state index is 0.0478. The summed E-state index contributed by atoms with van der Waals surface area (Å²) < 4.78 is 5.77. The first-order valence-electron chi connectivity index (χ1n) is 9.60. The van der Waals surface area contributed by atoms with Gasteiger partial charge in [-0.25, -0.2) is 5.43 Å². The molecule has 0 aliphatic carbocycles. The number of carbonyl (C=O) groups excluding carboxylic acids is 2. The normalized spacial score (nSPS) is 10.6. The Bertz CT molecular complexity index is 1020. The van der Waals surface area contributed by atoms with E-state index < -0.39 is 0 Å². The van der Waals surface area contributed by atoms with Gasteiger partial charge in [-0.05, 0) is 48.9 Å². The van der Waals surface area contributed by atoms with Crippen molar-refractivity contribution >= 4 is 23.7 Å². The molecule has 3 rings (SSSR count). The van der Waals surface area contributed by atoms with Crippen molar-refractivity contribution in [1.29, 1.82) is 0 Å². The smallest absolute Gasteiger partial charge is 0.240 e. The van der Waals surface area contributed by atoms with Crippen LogP contribution < -0.4 is 15.5 Å². The lowest BCUT2D eigenvalue weighted by atomic mass is 10.2. The molecule has 0 spiro atoms. The number of anilines is 1. The molecule has 0 aliphatic heterocycles. The Balaban J connectivity index is 1.43. The number of nitrogens with zero attached hydrogens (tertiary/aromatic N) is 1. The Kier molecular flexibility index (Phi) is 7.33. The number of amides is 2. The highest BCUT2D eigenvalue weighted by Crippen LogP contribution is 2.21. The number of para-hydroxylation sites is 1. The molecule has 30 heavy (non-hydrogen) atoms. The highest BCUT2D eigenvalue weighted by molar-refractivity contribution is 5.93. The van der Waals surface area contributed by atoms with E-state index in [4.69, 9.17) is 4.74 Å². The van der Waals surface area contributed by atoms with E-state index in [0.717, 1.165) is 16.9 Å². The maximum Gasteiger partial charge on any atom is 0.240 e. The predicted octanol–water partition coefficient (Wildman–Crippen LogP) is 4.66. The summed E-state index contributed by atoms with van der Waals surface area (Å²) in [4.78, 5) is 23.9. The summed E-state index contributed by atoms with van der Waals surface area (Å²) in [5, 5.41) is 6.71. The van der Waals surface area contributed by atoms with E-state index in [-0.39, 0.29) is 24.7 Å². The van der Waals surface area contributed by atoms with E-state index in [1.165, 1.54) is 6.21 Å². The van der Waals surface area contributed by atoms with Gasteiger partial charge in [0.15, 0.2) is 0 Å². The number of benzene rings is 3. The number of nitrogens with one attached hydrogen (secondary N) is 2. The van der Waals surface area contributed by atoms with Gasteiger partial charge < -0.3 is 10.1 Å². The van der Waals surface area contributed by atoms with Gasteiger partial charge in [-0.15, -0.1) is 0 Å². The van der Waals surface area contributed by atoms with Crippen LogP contribution in [0.1, 0.15) is 24.0 Å². The van der Waals surface area contributed by atoms with Crippen LogP contribution in [0.2, 0.25) is 0 Å². The second-order valence-corrected chi connectivity index (χ2v) is 6.69.